The fourth-order valence-electron chi connectivity index (χ4n) is 1.70. The van der Waals surface area contributed by atoms with Crippen molar-refractivity contribution in [3.8, 4) is 0 Å². The lowest BCUT2D eigenvalue weighted by atomic mass is 10.1. The number of pyridine rings is 1. The summed E-state index contributed by atoms with van der Waals surface area (Å²) in [6.07, 6.45) is 0.766. The van der Waals surface area contributed by atoms with Gasteiger partial charge in [0.15, 0.2) is 5.69 Å². The highest BCUT2D eigenvalue weighted by atomic mass is 16.5. The molecule has 1 heterocycles. The molecule has 16 heavy (non-hydrogen) atoms. The van der Waals surface area contributed by atoms with Gasteiger partial charge in [-0.1, -0.05) is 25.1 Å². The maximum absolute atomic E-state index is 11.6. The molecule has 0 atom stereocenters. The molecule has 0 saturated heterocycles. The number of aromatic nitrogens is 1. The SMILES string of the molecule is CCc1cc2ccccc2nc1C(=O)OC. The number of hydrogen-bond donors (Lipinski definition) is 0. The van der Waals surface area contributed by atoms with Gasteiger partial charge in [0.05, 0.1) is 12.6 Å². The van der Waals surface area contributed by atoms with Crippen LogP contribution in [0.5, 0.6) is 0 Å². The maximum Gasteiger partial charge on any atom is 0.356 e. The summed E-state index contributed by atoms with van der Waals surface area (Å²) >= 11 is 0. The summed E-state index contributed by atoms with van der Waals surface area (Å²) in [5, 5.41) is 1.05. The van der Waals surface area contributed by atoms with Gasteiger partial charge in [-0.15, -0.1) is 0 Å². The minimum Gasteiger partial charge on any atom is -0.464 e. The van der Waals surface area contributed by atoms with Gasteiger partial charge in [-0.2, -0.15) is 0 Å². The Morgan fingerprint density at radius 3 is 2.81 bits per heavy atom. The lowest BCUT2D eigenvalue weighted by molar-refractivity contribution is 0.0593. The summed E-state index contributed by atoms with van der Waals surface area (Å²) in [6.45, 7) is 2.00. The molecular weight excluding hydrogens is 202 g/mol. The third-order valence-corrected chi connectivity index (χ3v) is 2.56. The third-order valence-electron chi connectivity index (χ3n) is 2.56. The van der Waals surface area contributed by atoms with Crippen molar-refractivity contribution in [1.82, 2.24) is 4.98 Å². The molecule has 0 amide bonds. The Bertz CT molecular complexity index is 534. The highest BCUT2D eigenvalue weighted by Crippen LogP contribution is 2.17. The van der Waals surface area contributed by atoms with Crippen LogP contribution in [0.2, 0.25) is 0 Å². The lowest BCUT2D eigenvalue weighted by Crippen LogP contribution is -2.08. The Morgan fingerprint density at radius 1 is 1.38 bits per heavy atom. The van der Waals surface area contributed by atoms with Crippen molar-refractivity contribution in [3.63, 3.8) is 0 Å². The Balaban J connectivity index is 2.67. The van der Waals surface area contributed by atoms with Crippen molar-refractivity contribution >= 4 is 16.9 Å². The largest absolute Gasteiger partial charge is 0.464 e. The van der Waals surface area contributed by atoms with Gasteiger partial charge in [-0.3, -0.25) is 0 Å². The fourth-order valence-corrected chi connectivity index (χ4v) is 1.70. The van der Waals surface area contributed by atoms with Crippen LogP contribution in [0.4, 0.5) is 0 Å². The van der Waals surface area contributed by atoms with E-state index >= 15 is 0 Å². The topological polar surface area (TPSA) is 39.2 Å². The van der Waals surface area contributed by atoms with E-state index in [0.29, 0.717) is 5.69 Å². The van der Waals surface area contributed by atoms with Crippen LogP contribution in [0, 0.1) is 0 Å². The molecule has 0 bridgehead atoms. The normalized spacial score (nSPS) is 10.4. The van der Waals surface area contributed by atoms with Crippen LogP contribution in [0.1, 0.15) is 23.0 Å². The van der Waals surface area contributed by atoms with E-state index in [1.165, 1.54) is 7.11 Å². The molecular formula is C13H13NO2. The van der Waals surface area contributed by atoms with Crippen LogP contribution in [0.3, 0.4) is 0 Å². The third kappa shape index (κ3) is 1.76. The van der Waals surface area contributed by atoms with E-state index in [1.54, 1.807) is 0 Å². The van der Waals surface area contributed by atoms with Gasteiger partial charge in [0.25, 0.3) is 0 Å². The van der Waals surface area contributed by atoms with Crippen LogP contribution < -0.4 is 0 Å². The van der Waals surface area contributed by atoms with Crippen LogP contribution in [0.15, 0.2) is 30.3 Å². The molecule has 1 aromatic heterocycles. The van der Waals surface area contributed by atoms with Gasteiger partial charge in [0.1, 0.15) is 0 Å². The van der Waals surface area contributed by atoms with Crippen molar-refractivity contribution in [3.05, 3.63) is 41.6 Å². The van der Waals surface area contributed by atoms with Gasteiger partial charge < -0.3 is 4.74 Å². The number of carbonyl (C=O) groups excluding carboxylic acids is 1. The fraction of sp³-hybridized carbons (Fsp3) is 0.231. The van der Waals surface area contributed by atoms with Gasteiger partial charge in [0.2, 0.25) is 0 Å². The number of methoxy groups -OCH3 is 1. The standard InChI is InChI=1S/C13H13NO2/c1-3-9-8-10-6-4-5-7-11(10)14-12(9)13(15)16-2/h4-8H,3H2,1-2H3. The molecule has 3 heteroatoms. The zero-order valence-corrected chi connectivity index (χ0v) is 9.36. The van der Waals surface area contributed by atoms with E-state index in [-0.39, 0.29) is 5.97 Å². The van der Waals surface area contributed by atoms with E-state index in [9.17, 15) is 4.79 Å². The van der Waals surface area contributed by atoms with E-state index in [1.807, 2.05) is 37.3 Å². The first-order chi connectivity index (χ1) is 7.76. The Hall–Kier alpha value is -1.90. The minimum atomic E-state index is -0.373. The first kappa shape index (κ1) is 10.6. The van der Waals surface area contributed by atoms with Gasteiger partial charge in [-0.05, 0) is 24.1 Å². The molecule has 0 saturated carbocycles. The number of esters is 1. The Labute approximate surface area is 94.1 Å². The molecule has 0 N–H and O–H groups in total. The van der Waals surface area contributed by atoms with Crippen molar-refractivity contribution in [1.29, 1.82) is 0 Å². The number of ether oxygens (including phenoxy) is 1. The lowest BCUT2D eigenvalue weighted by Gasteiger charge is -2.06. The number of fused-ring (bicyclic) bond motifs is 1. The monoisotopic (exact) mass is 215 g/mol. The average Bonchev–Trinajstić information content (AvgIpc) is 2.36. The van der Waals surface area contributed by atoms with Gasteiger partial charge in [0, 0.05) is 5.39 Å². The van der Waals surface area contributed by atoms with Crippen LogP contribution >= 0.6 is 0 Å². The minimum absolute atomic E-state index is 0.373. The number of hydrogen-bond acceptors (Lipinski definition) is 3. The van der Waals surface area contributed by atoms with E-state index < -0.39 is 0 Å². The summed E-state index contributed by atoms with van der Waals surface area (Å²) in [7, 11) is 1.37. The van der Waals surface area contributed by atoms with Gasteiger partial charge >= 0.3 is 5.97 Å². The van der Waals surface area contributed by atoms with Crippen molar-refractivity contribution in [2.24, 2.45) is 0 Å². The zero-order chi connectivity index (χ0) is 11.5. The van der Waals surface area contributed by atoms with Crippen LogP contribution in [0.25, 0.3) is 10.9 Å². The molecule has 0 spiro atoms. The number of nitrogens with zero attached hydrogens (tertiary/aromatic N) is 1. The zero-order valence-electron chi connectivity index (χ0n) is 9.36. The number of para-hydroxylation sites is 1. The summed E-state index contributed by atoms with van der Waals surface area (Å²) in [6, 6.07) is 9.74. The molecule has 0 aliphatic heterocycles. The maximum atomic E-state index is 11.6. The second-order valence-corrected chi connectivity index (χ2v) is 3.53. The highest BCUT2D eigenvalue weighted by molar-refractivity contribution is 5.92. The van der Waals surface area contributed by atoms with Crippen LogP contribution in [-0.4, -0.2) is 18.1 Å². The molecule has 0 fully saturated rings. The average molecular weight is 215 g/mol. The highest BCUT2D eigenvalue weighted by Gasteiger charge is 2.13. The molecule has 0 aliphatic rings. The number of carbonyl (C=O) groups is 1. The molecule has 0 aliphatic carbocycles. The van der Waals surface area contributed by atoms with Gasteiger partial charge in [-0.25, -0.2) is 9.78 Å². The number of aryl methyl sites for hydroxylation is 1. The molecule has 2 rings (SSSR count). The van der Waals surface area contributed by atoms with Crippen molar-refractivity contribution < 1.29 is 9.53 Å². The van der Waals surface area contributed by atoms with E-state index in [2.05, 4.69) is 4.98 Å². The summed E-state index contributed by atoms with van der Waals surface area (Å²) in [5.41, 5.74) is 2.16. The van der Waals surface area contributed by atoms with Crippen LogP contribution in [-0.2, 0) is 11.2 Å². The van der Waals surface area contributed by atoms with E-state index in [0.717, 1.165) is 22.9 Å². The molecule has 3 nitrogen and oxygen atoms in total. The Morgan fingerprint density at radius 2 is 2.12 bits per heavy atom. The summed E-state index contributed by atoms with van der Waals surface area (Å²) in [4.78, 5) is 15.9. The first-order valence-electron chi connectivity index (χ1n) is 5.23. The number of rotatable bonds is 2. The number of benzene rings is 1. The summed E-state index contributed by atoms with van der Waals surface area (Å²) in [5.74, 6) is -0.373. The predicted octanol–water partition coefficient (Wildman–Crippen LogP) is 2.58. The summed E-state index contributed by atoms with van der Waals surface area (Å²) < 4.78 is 4.73. The molecule has 0 unspecified atom stereocenters. The second-order valence-electron chi connectivity index (χ2n) is 3.53. The van der Waals surface area contributed by atoms with Crippen molar-refractivity contribution in [2.45, 2.75) is 13.3 Å². The quantitative estimate of drug-likeness (QED) is 0.723. The molecule has 1 aromatic carbocycles. The predicted molar refractivity (Wildman–Crippen MR) is 62.5 cm³/mol. The van der Waals surface area contributed by atoms with Crippen molar-refractivity contribution in [2.75, 3.05) is 7.11 Å². The van der Waals surface area contributed by atoms with E-state index in [4.69, 9.17) is 4.74 Å². The second kappa shape index (κ2) is 4.31. The Kier molecular flexibility index (Phi) is 2.86. The molecule has 82 valence electrons. The molecule has 0 radical (unpaired) electrons. The first-order valence-corrected chi connectivity index (χ1v) is 5.23. The smallest absolute Gasteiger partial charge is 0.356 e. The molecule has 2 aromatic rings.